The quantitative estimate of drug-likeness (QED) is 0.330. The van der Waals surface area contributed by atoms with E-state index in [-0.39, 0.29) is 31.7 Å². The van der Waals surface area contributed by atoms with E-state index in [4.69, 9.17) is 9.47 Å². The van der Waals surface area contributed by atoms with E-state index in [0.717, 1.165) is 11.1 Å². The van der Waals surface area contributed by atoms with Gasteiger partial charge in [0.2, 0.25) is 12.7 Å². The Morgan fingerprint density at radius 3 is 2.62 bits per heavy atom. The number of hydrogen-bond acceptors (Lipinski definition) is 7. The Balaban J connectivity index is 1.36. The summed E-state index contributed by atoms with van der Waals surface area (Å²) in [6.07, 6.45) is 3.35. The summed E-state index contributed by atoms with van der Waals surface area (Å²) in [5, 5.41) is 11.3. The molecule has 0 saturated carbocycles. The number of anilines is 1. The van der Waals surface area contributed by atoms with Gasteiger partial charge < -0.3 is 19.7 Å². The first-order valence-electron chi connectivity index (χ1n) is 12.4. The lowest BCUT2D eigenvalue weighted by Crippen LogP contribution is -2.42. The zero-order valence-corrected chi connectivity index (χ0v) is 20.8. The van der Waals surface area contributed by atoms with Crippen molar-refractivity contribution in [2.24, 2.45) is 0 Å². The van der Waals surface area contributed by atoms with Gasteiger partial charge in [-0.3, -0.25) is 14.6 Å². The lowest BCUT2D eigenvalue weighted by molar-refractivity contribution is -0.140. The highest BCUT2D eigenvalue weighted by Crippen LogP contribution is 2.35. The van der Waals surface area contributed by atoms with E-state index < -0.39 is 6.04 Å². The van der Waals surface area contributed by atoms with Crippen molar-refractivity contribution in [2.45, 2.75) is 19.1 Å². The van der Waals surface area contributed by atoms with E-state index in [1.165, 1.54) is 0 Å². The van der Waals surface area contributed by atoms with Gasteiger partial charge in [-0.1, -0.05) is 53.7 Å². The molecule has 10 heteroatoms. The van der Waals surface area contributed by atoms with Crippen LogP contribution in [0.25, 0.3) is 11.0 Å². The van der Waals surface area contributed by atoms with Crippen molar-refractivity contribution in [1.29, 1.82) is 0 Å². The first-order valence-corrected chi connectivity index (χ1v) is 12.4. The van der Waals surface area contributed by atoms with Gasteiger partial charge >= 0.3 is 0 Å². The van der Waals surface area contributed by atoms with Crippen molar-refractivity contribution in [1.82, 2.24) is 24.9 Å². The maximum Gasteiger partial charge on any atom is 0.251 e. The molecule has 0 saturated heterocycles. The number of carbonyl (C=O) groups excluding carboxylic acids is 2. The van der Waals surface area contributed by atoms with Crippen LogP contribution in [0.5, 0.6) is 11.5 Å². The fourth-order valence-electron chi connectivity index (χ4n) is 4.56. The summed E-state index contributed by atoms with van der Waals surface area (Å²) in [6.45, 7) is 0.193. The molecule has 0 bridgehead atoms. The van der Waals surface area contributed by atoms with Gasteiger partial charge in [-0.2, -0.15) is 0 Å². The molecule has 0 fully saturated rings. The highest BCUT2D eigenvalue weighted by molar-refractivity contribution is 5.98. The molecule has 2 aromatic heterocycles. The number of aromatic nitrogens is 4. The van der Waals surface area contributed by atoms with Crippen molar-refractivity contribution in [2.75, 3.05) is 12.1 Å². The number of carbonyl (C=O) groups is 2. The molecule has 39 heavy (non-hydrogen) atoms. The molecule has 0 spiro atoms. The fraction of sp³-hybridized carbons (Fsp3) is 0.138. The Morgan fingerprint density at radius 2 is 1.77 bits per heavy atom. The Labute approximate surface area is 223 Å². The van der Waals surface area contributed by atoms with Crippen LogP contribution >= 0.6 is 0 Å². The molecule has 1 atom stereocenters. The summed E-state index contributed by atoms with van der Waals surface area (Å²) in [7, 11) is 0. The second kappa shape index (κ2) is 10.6. The molecule has 2 amide bonds. The van der Waals surface area contributed by atoms with Gasteiger partial charge in [-0.05, 0) is 41.5 Å². The topological polar surface area (TPSA) is 111 Å². The van der Waals surface area contributed by atoms with Crippen LogP contribution in [0.2, 0.25) is 0 Å². The lowest BCUT2D eigenvalue weighted by Gasteiger charge is -2.31. The second-order valence-electron chi connectivity index (χ2n) is 8.99. The van der Waals surface area contributed by atoms with Gasteiger partial charge in [0, 0.05) is 30.7 Å². The van der Waals surface area contributed by atoms with Crippen molar-refractivity contribution in [3.05, 3.63) is 108 Å². The summed E-state index contributed by atoms with van der Waals surface area (Å²) in [5.41, 5.74) is 3.39. The number of para-hydroxylation sites is 1. The number of pyridine rings is 1. The summed E-state index contributed by atoms with van der Waals surface area (Å²) in [4.78, 5) is 33.7. The average Bonchev–Trinajstić information content (AvgIpc) is 3.61. The molecule has 194 valence electrons. The molecule has 0 unspecified atom stereocenters. The second-order valence-corrected chi connectivity index (χ2v) is 8.99. The van der Waals surface area contributed by atoms with Gasteiger partial charge in [-0.15, -0.1) is 5.10 Å². The normalized spacial score (nSPS) is 12.7. The third-order valence-corrected chi connectivity index (χ3v) is 6.42. The molecule has 1 N–H and O–H groups in total. The number of benzene rings is 3. The van der Waals surface area contributed by atoms with Gasteiger partial charge in [-0.25, -0.2) is 4.68 Å². The van der Waals surface area contributed by atoms with Gasteiger partial charge in [0.15, 0.2) is 11.5 Å². The van der Waals surface area contributed by atoms with Crippen LogP contribution in [-0.4, -0.2) is 43.5 Å². The summed E-state index contributed by atoms with van der Waals surface area (Å²) in [6, 6.07) is 24.5. The number of fused-ring (bicyclic) bond motifs is 2. The zero-order chi connectivity index (χ0) is 26.6. The number of rotatable bonds is 8. The first kappa shape index (κ1) is 24.1. The number of ether oxygens (including phenoxy) is 2. The van der Waals surface area contributed by atoms with E-state index in [1.807, 2.05) is 60.7 Å². The third kappa shape index (κ3) is 5.12. The minimum absolute atomic E-state index is 0.0958. The standard InChI is InChI=1S/C29H24N6O4/c36-27(18-35-24-11-5-4-10-23(24)32-33-35)34(17-20-7-6-14-30-16-20)28(21-8-2-1-3-9-21)29(37)31-22-12-13-25-26(15-22)39-19-38-25/h1-16,28H,17-19H2,(H,31,37)/t28-/m0/s1. The average molecular weight is 521 g/mol. The van der Waals surface area contributed by atoms with Crippen molar-refractivity contribution in [3.63, 3.8) is 0 Å². The molecule has 1 aliphatic heterocycles. The molecular weight excluding hydrogens is 496 g/mol. The maximum atomic E-state index is 14.0. The first-order chi connectivity index (χ1) is 19.2. The minimum atomic E-state index is -0.945. The summed E-state index contributed by atoms with van der Waals surface area (Å²) >= 11 is 0. The van der Waals surface area contributed by atoms with Crippen molar-refractivity contribution < 1.29 is 19.1 Å². The predicted molar refractivity (Wildman–Crippen MR) is 143 cm³/mol. The number of amides is 2. The van der Waals surface area contributed by atoms with E-state index >= 15 is 0 Å². The van der Waals surface area contributed by atoms with Crippen LogP contribution in [0.4, 0.5) is 5.69 Å². The molecular formula is C29H24N6O4. The van der Waals surface area contributed by atoms with Crippen LogP contribution in [-0.2, 0) is 22.7 Å². The lowest BCUT2D eigenvalue weighted by atomic mass is 10.0. The molecule has 10 nitrogen and oxygen atoms in total. The molecule has 0 aliphatic carbocycles. The van der Waals surface area contributed by atoms with Gasteiger partial charge in [0.05, 0.1) is 5.52 Å². The van der Waals surface area contributed by atoms with Crippen molar-refractivity contribution in [3.8, 4) is 11.5 Å². The van der Waals surface area contributed by atoms with Crippen LogP contribution in [0.3, 0.4) is 0 Å². The Bertz CT molecular complexity index is 1620. The van der Waals surface area contributed by atoms with E-state index in [9.17, 15) is 9.59 Å². The SMILES string of the molecule is O=C(Nc1ccc2c(c1)OCO2)[C@H](c1ccccc1)N(Cc1cccnc1)C(=O)Cn1nnc2ccccc21. The summed E-state index contributed by atoms with van der Waals surface area (Å²) in [5.74, 6) is 0.483. The molecule has 1 aliphatic rings. The van der Waals surface area contributed by atoms with E-state index in [0.29, 0.717) is 28.3 Å². The Hall–Kier alpha value is -5.25. The number of nitrogens with one attached hydrogen (secondary N) is 1. The molecule has 3 aromatic carbocycles. The molecule has 0 radical (unpaired) electrons. The molecule has 3 heterocycles. The Morgan fingerprint density at radius 1 is 0.949 bits per heavy atom. The van der Waals surface area contributed by atoms with Gasteiger partial charge in [0.25, 0.3) is 5.91 Å². The van der Waals surface area contributed by atoms with Crippen LogP contribution in [0.15, 0.2) is 97.3 Å². The van der Waals surface area contributed by atoms with Gasteiger partial charge in [0.1, 0.15) is 18.1 Å². The maximum absolute atomic E-state index is 14.0. The summed E-state index contributed by atoms with van der Waals surface area (Å²) < 4.78 is 12.4. The smallest absolute Gasteiger partial charge is 0.251 e. The highest BCUT2D eigenvalue weighted by Gasteiger charge is 2.32. The fourth-order valence-corrected chi connectivity index (χ4v) is 4.56. The minimum Gasteiger partial charge on any atom is -0.454 e. The van der Waals surface area contributed by atoms with Crippen molar-refractivity contribution >= 4 is 28.5 Å². The van der Waals surface area contributed by atoms with E-state index in [2.05, 4.69) is 20.6 Å². The van der Waals surface area contributed by atoms with E-state index in [1.54, 1.807) is 46.2 Å². The third-order valence-electron chi connectivity index (χ3n) is 6.42. The van der Waals surface area contributed by atoms with Crippen LogP contribution in [0, 0.1) is 0 Å². The highest BCUT2D eigenvalue weighted by atomic mass is 16.7. The zero-order valence-electron chi connectivity index (χ0n) is 20.8. The van der Waals surface area contributed by atoms with Crippen LogP contribution < -0.4 is 14.8 Å². The predicted octanol–water partition coefficient (Wildman–Crippen LogP) is 3.96. The monoisotopic (exact) mass is 520 g/mol. The number of nitrogens with zero attached hydrogens (tertiary/aromatic N) is 5. The van der Waals surface area contributed by atoms with Crippen LogP contribution in [0.1, 0.15) is 17.2 Å². The largest absolute Gasteiger partial charge is 0.454 e. The number of hydrogen-bond donors (Lipinski definition) is 1. The Kier molecular flexibility index (Phi) is 6.57. The molecule has 6 rings (SSSR count). The molecule has 5 aromatic rings.